The average molecular weight is 639 g/mol. The summed E-state index contributed by atoms with van der Waals surface area (Å²) in [5.74, 6) is -2.29. The van der Waals surface area contributed by atoms with E-state index in [1.54, 1.807) is 35.6 Å². The van der Waals surface area contributed by atoms with Gasteiger partial charge < -0.3 is 42.4 Å². The fourth-order valence-corrected chi connectivity index (χ4v) is 5.37. The van der Waals surface area contributed by atoms with Gasteiger partial charge in [0.2, 0.25) is 11.7 Å². The third-order valence-electron chi connectivity index (χ3n) is 8.11. The normalized spacial score (nSPS) is 17.8. The molecule has 46 heavy (non-hydrogen) atoms. The lowest BCUT2D eigenvalue weighted by molar-refractivity contribution is -0.122. The molecule has 11 nitrogen and oxygen atoms in total. The Labute approximate surface area is 268 Å². The van der Waals surface area contributed by atoms with Crippen LogP contribution in [0.15, 0.2) is 53.9 Å². The summed E-state index contributed by atoms with van der Waals surface area (Å²) >= 11 is 0. The van der Waals surface area contributed by atoms with Crippen LogP contribution in [0.1, 0.15) is 68.4 Å². The molecule has 0 saturated heterocycles. The lowest BCUT2D eigenvalue weighted by Gasteiger charge is -2.39. The molecule has 1 unspecified atom stereocenters. The lowest BCUT2D eigenvalue weighted by atomic mass is 10.00. The highest BCUT2D eigenvalue weighted by atomic mass is 19.2. The first-order valence-electron chi connectivity index (χ1n) is 15.4. The van der Waals surface area contributed by atoms with E-state index < -0.39 is 28.9 Å². The van der Waals surface area contributed by atoms with E-state index in [0.717, 1.165) is 18.4 Å². The van der Waals surface area contributed by atoms with E-state index in [9.17, 15) is 14.0 Å². The maximum absolute atomic E-state index is 15.0. The molecule has 2 atom stereocenters. The molecule has 2 aliphatic rings. The number of nitrogens with one attached hydrogen (secondary N) is 4. The minimum atomic E-state index is -1.06. The van der Waals surface area contributed by atoms with Crippen molar-refractivity contribution >= 4 is 29.0 Å². The SMILES string of the molecule is CCc1cc(NC2=NC=CN3C(c4ccc(OC)c(F)c4F)=CNC23C)ccc1C(=O)NC(C)(C)CNC(=O)[C@@H](N)CCCCN. The van der Waals surface area contributed by atoms with E-state index in [-0.39, 0.29) is 29.7 Å². The molecular weight excluding hydrogens is 594 g/mol. The molecule has 2 aliphatic heterocycles. The first-order valence-corrected chi connectivity index (χ1v) is 15.4. The van der Waals surface area contributed by atoms with Crippen LogP contribution >= 0.6 is 0 Å². The second kappa shape index (κ2) is 14.3. The Balaban J connectivity index is 1.43. The zero-order valence-electron chi connectivity index (χ0n) is 27.0. The number of amides is 2. The number of nitrogens with two attached hydrogens (primary N) is 2. The number of halogens is 2. The predicted octanol–water partition coefficient (Wildman–Crippen LogP) is 3.53. The molecule has 13 heteroatoms. The number of ether oxygens (including phenoxy) is 1. The van der Waals surface area contributed by atoms with Gasteiger partial charge in [0.05, 0.1) is 24.4 Å². The van der Waals surface area contributed by atoms with E-state index in [4.69, 9.17) is 16.2 Å². The third-order valence-corrected chi connectivity index (χ3v) is 8.11. The number of amidine groups is 1. The Hall–Kier alpha value is -4.49. The number of fused-ring (bicyclic) bond motifs is 1. The van der Waals surface area contributed by atoms with E-state index in [0.29, 0.717) is 42.2 Å². The third kappa shape index (κ3) is 7.31. The number of rotatable bonds is 13. The Morgan fingerprint density at radius 2 is 1.93 bits per heavy atom. The second-order valence-electron chi connectivity index (χ2n) is 12.1. The Bertz CT molecular complexity index is 1560. The van der Waals surface area contributed by atoms with Crippen molar-refractivity contribution in [1.29, 1.82) is 0 Å². The van der Waals surface area contributed by atoms with E-state index in [1.165, 1.54) is 19.2 Å². The highest BCUT2D eigenvalue weighted by molar-refractivity contribution is 6.05. The Morgan fingerprint density at radius 1 is 1.17 bits per heavy atom. The molecule has 2 aromatic carbocycles. The molecule has 0 bridgehead atoms. The number of hydrogen-bond donors (Lipinski definition) is 6. The van der Waals surface area contributed by atoms with Crippen molar-refractivity contribution in [2.75, 3.05) is 25.5 Å². The van der Waals surface area contributed by atoms with E-state index in [1.807, 2.05) is 33.8 Å². The topological polar surface area (TPSA) is 159 Å². The second-order valence-corrected chi connectivity index (χ2v) is 12.1. The molecule has 8 N–H and O–H groups in total. The molecule has 0 aliphatic carbocycles. The zero-order chi connectivity index (χ0) is 33.6. The first kappa shape index (κ1) is 34.4. The summed E-state index contributed by atoms with van der Waals surface area (Å²) in [5.41, 5.74) is 12.3. The van der Waals surface area contributed by atoms with Crippen LogP contribution in [0.5, 0.6) is 5.75 Å². The van der Waals surface area contributed by atoms with Crippen LogP contribution in [0, 0.1) is 11.6 Å². The van der Waals surface area contributed by atoms with E-state index in [2.05, 4.69) is 26.3 Å². The smallest absolute Gasteiger partial charge is 0.252 e. The van der Waals surface area contributed by atoms with Crippen molar-refractivity contribution in [1.82, 2.24) is 20.9 Å². The molecule has 0 fully saturated rings. The molecule has 2 aromatic rings. The number of nitrogens with zero attached hydrogens (tertiary/aromatic N) is 2. The molecule has 4 rings (SSSR count). The Kier molecular flexibility index (Phi) is 10.7. The number of unbranched alkanes of at least 4 members (excludes halogenated alkanes) is 1. The van der Waals surface area contributed by atoms with Gasteiger partial charge in [-0.05, 0) is 82.5 Å². The number of hydrogen-bond acceptors (Lipinski definition) is 9. The van der Waals surface area contributed by atoms with Gasteiger partial charge in [-0.2, -0.15) is 4.39 Å². The van der Waals surface area contributed by atoms with Crippen LogP contribution in [-0.2, 0) is 11.2 Å². The van der Waals surface area contributed by atoms with Gasteiger partial charge in [-0.25, -0.2) is 9.38 Å². The van der Waals surface area contributed by atoms with Crippen LogP contribution < -0.4 is 37.5 Å². The van der Waals surface area contributed by atoms with Crippen molar-refractivity contribution < 1.29 is 23.1 Å². The van der Waals surface area contributed by atoms with Gasteiger partial charge in [-0.3, -0.25) is 9.59 Å². The van der Waals surface area contributed by atoms with E-state index >= 15 is 4.39 Å². The van der Waals surface area contributed by atoms with Crippen molar-refractivity contribution in [3.8, 4) is 5.75 Å². The summed E-state index contributed by atoms with van der Waals surface area (Å²) in [6.45, 7) is 8.24. The quantitative estimate of drug-likeness (QED) is 0.182. The minimum Gasteiger partial charge on any atom is -0.494 e. The van der Waals surface area contributed by atoms with Crippen LogP contribution in [-0.4, -0.2) is 60.0 Å². The summed E-state index contributed by atoms with van der Waals surface area (Å²) in [5, 5.41) is 12.4. The van der Waals surface area contributed by atoms with Gasteiger partial charge in [0.25, 0.3) is 5.91 Å². The molecular formula is C33H44F2N8O3. The maximum Gasteiger partial charge on any atom is 0.252 e. The number of aryl methyl sites for hydroxylation is 1. The summed E-state index contributed by atoms with van der Waals surface area (Å²) in [7, 11) is 1.28. The van der Waals surface area contributed by atoms with Gasteiger partial charge in [-0.1, -0.05) is 13.3 Å². The number of benzene rings is 2. The predicted molar refractivity (Wildman–Crippen MR) is 176 cm³/mol. The zero-order valence-corrected chi connectivity index (χ0v) is 27.0. The van der Waals surface area contributed by atoms with Crippen LogP contribution in [0.3, 0.4) is 0 Å². The maximum atomic E-state index is 15.0. The number of methoxy groups -OCH3 is 1. The minimum absolute atomic E-state index is 0.0666. The monoisotopic (exact) mass is 638 g/mol. The van der Waals surface area contributed by atoms with Crippen molar-refractivity contribution in [2.45, 2.75) is 70.6 Å². The highest BCUT2D eigenvalue weighted by Crippen LogP contribution is 2.37. The Morgan fingerprint density at radius 3 is 2.63 bits per heavy atom. The van der Waals surface area contributed by atoms with Gasteiger partial charge >= 0.3 is 0 Å². The first-order chi connectivity index (χ1) is 21.8. The molecule has 0 radical (unpaired) electrons. The number of carbonyl (C=O) groups excluding carboxylic acids is 2. The number of anilines is 1. The highest BCUT2D eigenvalue weighted by Gasteiger charge is 2.44. The van der Waals surface area contributed by atoms with Gasteiger partial charge in [0, 0.05) is 42.0 Å². The fourth-order valence-electron chi connectivity index (χ4n) is 5.37. The fraction of sp³-hybridized carbons (Fsp3) is 0.424. The van der Waals surface area contributed by atoms with Gasteiger partial charge in [-0.15, -0.1) is 0 Å². The standard InChI is InChI=1S/C33H44F2N8O3/c1-6-20-17-21(10-11-22(20)29(44)42-32(2,3)19-39-30(45)24(37)9-7-8-14-36)41-31-33(4)40-18-25(43(33)16-15-38-31)23-12-13-26(46-5)28(35)27(23)34/h10-13,15-18,24,40H,6-9,14,19,36-37H2,1-5H3,(H,38,41)(H,39,45)(H,42,44)/t24-,33?/m0/s1. The summed E-state index contributed by atoms with van der Waals surface area (Å²) < 4.78 is 34.4. The molecule has 0 aromatic heterocycles. The van der Waals surface area contributed by atoms with Crippen molar-refractivity contribution in [2.24, 2.45) is 16.5 Å². The molecule has 0 saturated carbocycles. The van der Waals surface area contributed by atoms with Gasteiger partial charge in [0.1, 0.15) is 0 Å². The van der Waals surface area contributed by atoms with Crippen molar-refractivity contribution in [3.05, 3.63) is 77.3 Å². The summed E-state index contributed by atoms with van der Waals surface area (Å²) in [6, 6.07) is 7.61. The lowest BCUT2D eigenvalue weighted by Crippen LogP contribution is -2.57. The molecule has 2 amide bonds. The van der Waals surface area contributed by atoms with Crippen LogP contribution in [0.4, 0.5) is 14.5 Å². The summed E-state index contributed by atoms with van der Waals surface area (Å²) in [4.78, 5) is 32.1. The number of carbonyl (C=O) groups is 2. The number of aliphatic imine (C=N–C) groups is 1. The molecule has 2 heterocycles. The van der Waals surface area contributed by atoms with Gasteiger partial charge in [0.15, 0.2) is 23.1 Å². The summed E-state index contributed by atoms with van der Waals surface area (Å²) in [6.07, 6.45) is 7.57. The largest absolute Gasteiger partial charge is 0.494 e. The molecule has 0 spiro atoms. The van der Waals surface area contributed by atoms with Crippen LogP contribution in [0.2, 0.25) is 0 Å². The molecule has 248 valence electrons. The van der Waals surface area contributed by atoms with Crippen molar-refractivity contribution in [3.63, 3.8) is 0 Å². The van der Waals surface area contributed by atoms with Crippen LogP contribution in [0.25, 0.3) is 5.70 Å². The average Bonchev–Trinajstić information content (AvgIpc) is 3.38.